The molecule has 0 fully saturated rings. The van der Waals surface area contributed by atoms with Crippen LogP contribution in [0.2, 0.25) is 0 Å². The van der Waals surface area contributed by atoms with E-state index < -0.39 is 35.5 Å². The first-order valence-electron chi connectivity index (χ1n) is 16.8. The average Bonchev–Trinajstić information content (AvgIpc) is 3.72. The molecule has 0 saturated carbocycles. The topological polar surface area (TPSA) is 155 Å². The van der Waals surface area contributed by atoms with Gasteiger partial charge >= 0.3 is 11.6 Å². The molecule has 0 aliphatic rings. The van der Waals surface area contributed by atoms with Gasteiger partial charge in [0.25, 0.3) is 0 Å². The minimum Gasteiger partial charge on any atom is -0.480 e. The number of furan rings is 1. The van der Waals surface area contributed by atoms with Crippen LogP contribution in [-0.4, -0.2) is 45.7 Å². The number of aryl methyl sites for hydroxylation is 2. The first-order chi connectivity index (χ1) is 24.3. The molecule has 4 N–H and O–H groups in total. The van der Waals surface area contributed by atoms with Gasteiger partial charge in [0.05, 0.1) is 18.2 Å². The number of rotatable bonds is 12. The van der Waals surface area contributed by atoms with Crippen molar-refractivity contribution in [2.24, 2.45) is 0 Å². The van der Waals surface area contributed by atoms with Crippen molar-refractivity contribution in [1.82, 2.24) is 15.6 Å². The molecule has 6 rings (SSSR count). The molecule has 2 unspecified atom stereocenters. The minimum absolute atomic E-state index is 0.0869. The van der Waals surface area contributed by atoms with Crippen molar-refractivity contribution in [2.75, 3.05) is 5.75 Å². The molecule has 11 heteroatoms. The van der Waals surface area contributed by atoms with Gasteiger partial charge in [-0.2, -0.15) is 11.8 Å². The second kappa shape index (κ2) is 14.5. The number of thioether (sulfide) groups is 1. The zero-order valence-electron chi connectivity index (χ0n) is 29.2. The molecule has 3 aromatic carbocycles. The monoisotopic (exact) mass is 707 g/mol. The lowest BCUT2D eigenvalue weighted by atomic mass is 9.86. The lowest BCUT2D eigenvalue weighted by Gasteiger charge is -2.22. The number of aliphatic carboxylic acids is 1. The molecule has 10 nitrogen and oxygen atoms in total. The van der Waals surface area contributed by atoms with E-state index in [1.807, 2.05) is 67.6 Å². The van der Waals surface area contributed by atoms with Crippen molar-refractivity contribution in [3.05, 3.63) is 117 Å². The molecular formula is C40H41N3O7S. The number of carboxylic acid groups (broad SMARTS) is 1. The number of aromatic nitrogens is 1. The SMILES string of the molecule is Cc1c(CC(=O)NC(Cc2c[nH]c3ccccc23)C(=O)NC(CSCc2ccccc2)C(=O)O)c(=O)oc2c(C)c3occ(C(C)(C)C)c3cc12. The Morgan fingerprint density at radius 1 is 0.902 bits per heavy atom. The maximum absolute atomic E-state index is 13.8. The lowest BCUT2D eigenvalue weighted by molar-refractivity contribution is -0.141. The van der Waals surface area contributed by atoms with Gasteiger partial charge in [0, 0.05) is 56.9 Å². The normalized spacial score (nSPS) is 13.0. The van der Waals surface area contributed by atoms with E-state index in [4.69, 9.17) is 8.83 Å². The summed E-state index contributed by atoms with van der Waals surface area (Å²) in [5.41, 5.74) is 5.33. The number of amides is 2. The number of hydrogen-bond acceptors (Lipinski definition) is 7. The van der Waals surface area contributed by atoms with E-state index in [9.17, 15) is 24.3 Å². The largest absolute Gasteiger partial charge is 0.480 e. The molecule has 51 heavy (non-hydrogen) atoms. The highest BCUT2D eigenvalue weighted by Crippen LogP contribution is 2.37. The van der Waals surface area contributed by atoms with Gasteiger partial charge in [0.1, 0.15) is 23.2 Å². The van der Waals surface area contributed by atoms with Crippen molar-refractivity contribution in [2.45, 2.75) is 70.7 Å². The van der Waals surface area contributed by atoms with E-state index in [1.165, 1.54) is 11.8 Å². The molecule has 0 radical (unpaired) electrons. The molecule has 0 spiro atoms. The molecule has 264 valence electrons. The van der Waals surface area contributed by atoms with Gasteiger partial charge in [-0.15, -0.1) is 0 Å². The number of aromatic amines is 1. The number of benzene rings is 3. The first kappa shape index (κ1) is 35.5. The van der Waals surface area contributed by atoms with Gasteiger partial charge in [-0.3, -0.25) is 9.59 Å². The van der Waals surface area contributed by atoms with Crippen molar-refractivity contribution >= 4 is 62.4 Å². The summed E-state index contributed by atoms with van der Waals surface area (Å²) in [6.45, 7) is 9.90. The molecule has 0 aliphatic carbocycles. The number of hydrogen-bond donors (Lipinski definition) is 4. The molecule has 0 bridgehead atoms. The molecule has 3 aromatic heterocycles. The molecule has 0 saturated heterocycles. The summed E-state index contributed by atoms with van der Waals surface area (Å²) in [7, 11) is 0. The van der Waals surface area contributed by atoms with Crippen LogP contribution in [0.4, 0.5) is 0 Å². The summed E-state index contributed by atoms with van der Waals surface area (Å²) in [4.78, 5) is 56.3. The quantitative estimate of drug-likeness (QED) is 0.102. The number of carbonyl (C=O) groups is 3. The van der Waals surface area contributed by atoms with Crippen LogP contribution in [0.5, 0.6) is 0 Å². The zero-order valence-corrected chi connectivity index (χ0v) is 30.0. The van der Waals surface area contributed by atoms with Crippen LogP contribution in [0.3, 0.4) is 0 Å². The highest BCUT2D eigenvalue weighted by atomic mass is 32.2. The highest BCUT2D eigenvalue weighted by Gasteiger charge is 2.29. The van der Waals surface area contributed by atoms with Gasteiger partial charge in [-0.05, 0) is 48.1 Å². The Morgan fingerprint density at radius 2 is 1.63 bits per heavy atom. The highest BCUT2D eigenvalue weighted by molar-refractivity contribution is 7.98. The van der Waals surface area contributed by atoms with Crippen LogP contribution >= 0.6 is 11.8 Å². The van der Waals surface area contributed by atoms with E-state index in [-0.39, 0.29) is 29.6 Å². The van der Waals surface area contributed by atoms with Crippen LogP contribution in [0.25, 0.3) is 32.8 Å². The standard InChI is InChI=1S/C40H41N3O7S/c1-22-27-16-29-30(40(3,4)5)19-49-35(29)23(2)36(27)50-39(48)28(22)17-34(44)42-32(15-25-18-41-31-14-10-9-13-26(25)31)37(45)43-33(38(46)47)21-51-20-24-11-7-6-8-12-24/h6-14,16,18-19,32-33,41H,15,17,20-21H2,1-5H3,(H,42,44)(H,43,45)(H,46,47). The maximum atomic E-state index is 13.8. The molecule has 0 aliphatic heterocycles. The Bertz CT molecular complexity index is 2310. The summed E-state index contributed by atoms with van der Waals surface area (Å²) in [6.07, 6.45) is 3.25. The van der Waals surface area contributed by atoms with E-state index in [0.717, 1.165) is 33.0 Å². The summed E-state index contributed by atoms with van der Waals surface area (Å²) < 4.78 is 11.7. The number of para-hydroxylation sites is 1. The molecule has 3 heterocycles. The van der Waals surface area contributed by atoms with Crippen LogP contribution in [0.15, 0.2) is 86.8 Å². The van der Waals surface area contributed by atoms with Crippen molar-refractivity contribution in [1.29, 1.82) is 0 Å². The van der Waals surface area contributed by atoms with Gasteiger partial charge in [0.2, 0.25) is 11.8 Å². The smallest absolute Gasteiger partial charge is 0.340 e. The van der Waals surface area contributed by atoms with Crippen molar-refractivity contribution < 1.29 is 28.3 Å². The summed E-state index contributed by atoms with van der Waals surface area (Å²) in [5.74, 6) is -1.70. The Hall–Kier alpha value is -5.29. The lowest BCUT2D eigenvalue weighted by Crippen LogP contribution is -2.53. The predicted octanol–water partition coefficient (Wildman–Crippen LogP) is 6.71. The number of carboxylic acids is 1. The summed E-state index contributed by atoms with van der Waals surface area (Å²) >= 11 is 1.39. The number of H-pyrrole nitrogens is 1. The van der Waals surface area contributed by atoms with Crippen LogP contribution in [-0.2, 0) is 38.4 Å². The average molecular weight is 708 g/mol. The van der Waals surface area contributed by atoms with Crippen molar-refractivity contribution in [3.63, 3.8) is 0 Å². The predicted molar refractivity (Wildman–Crippen MR) is 200 cm³/mol. The van der Waals surface area contributed by atoms with E-state index in [2.05, 4.69) is 36.4 Å². The second-order valence-corrected chi connectivity index (χ2v) is 14.9. The first-order valence-corrected chi connectivity index (χ1v) is 17.9. The molecule has 2 atom stereocenters. The third-order valence-electron chi connectivity index (χ3n) is 9.25. The van der Waals surface area contributed by atoms with E-state index >= 15 is 0 Å². The number of nitrogens with one attached hydrogen (secondary N) is 3. The van der Waals surface area contributed by atoms with Gasteiger partial charge in [-0.25, -0.2) is 9.59 Å². The fraction of sp³-hybridized carbons (Fsp3) is 0.300. The zero-order chi connectivity index (χ0) is 36.4. The Labute approximate surface area is 299 Å². The Balaban J connectivity index is 1.27. The van der Waals surface area contributed by atoms with Crippen LogP contribution in [0.1, 0.15) is 54.2 Å². The van der Waals surface area contributed by atoms with Crippen LogP contribution < -0.4 is 16.3 Å². The fourth-order valence-corrected chi connectivity index (χ4v) is 7.44. The third kappa shape index (κ3) is 7.58. The summed E-state index contributed by atoms with van der Waals surface area (Å²) in [5, 5.41) is 17.9. The van der Waals surface area contributed by atoms with Crippen LogP contribution in [0, 0.1) is 13.8 Å². The Kier molecular flexibility index (Phi) is 10.1. The number of carbonyl (C=O) groups excluding carboxylic acids is 2. The second-order valence-electron chi connectivity index (χ2n) is 13.9. The van der Waals surface area contributed by atoms with E-state index in [1.54, 1.807) is 19.4 Å². The van der Waals surface area contributed by atoms with Gasteiger partial charge in [-0.1, -0.05) is 69.3 Å². The molecular weight excluding hydrogens is 667 g/mol. The Morgan fingerprint density at radius 3 is 2.35 bits per heavy atom. The number of fused-ring (bicyclic) bond motifs is 3. The van der Waals surface area contributed by atoms with Gasteiger partial charge in [0.15, 0.2) is 0 Å². The molecule has 2 amide bonds. The molecule has 6 aromatic rings. The third-order valence-corrected chi connectivity index (χ3v) is 10.4. The van der Waals surface area contributed by atoms with Crippen molar-refractivity contribution in [3.8, 4) is 0 Å². The van der Waals surface area contributed by atoms with E-state index in [0.29, 0.717) is 33.4 Å². The maximum Gasteiger partial charge on any atom is 0.340 e. The fourth-order valence-electron chi connectivity index (χ4n) is 6.43. The summed E-state index contributed by atoms with van der Waals surface area (Å²) in [6, 6.07) is 16.8. The van der Waals surface area contributed by atoms with Gasteiger partial charge < -0.3 is 29.6 Å². The minimum atomic E-state index is -1.19.